The number of hydrogen-bond donors (Lipinski definition) is 3. The van der Waals surface area contributed by atoms with E-state index in [9.17, 15) is 20.1 Å². The Bertz CT molecular complexity index is 1000. The average Bonchev–Trinajstić information content (AvgIpc) is 2.63. The smallest absolute Gasteiger partial charge is 0.193 e. The first-order chi connectivity index (χ1) is 13.3. The molecule has 0 aliphatic rings. The van der Waals surface area contributed by atoms with E-state index in [2.05, 4.69) is 13.8 Å². The SMILES string of the molecule is CC(C)CC[C@@H](O)COc1ccc2c(=O)cc(-c3cc(O)cc(O)c3)oc2c1. The number of hydrogen-bond acceptors (Lipinski definition) is 6. The molecule has 6 heteroatoms. The number of aromatic hydroxyl groups is 2. The number of aliphatic hydroxyl groups excluding tert-OH is 1. The van der Waals surface area contributed by atoms with E-state index in [0.717, 1.165) is 6.42 Å². The van der Waals surface area contributed by atoms with Crippen LogP contribution < -0.4 is 10.2 Å². The minimum absolute atomic E-state index is 0.134. The molecule has 0 saturated heterocycles. The normalized spacial score (nSPS) is 12.4. The molecule has 0 unspecified atom stereocenters. The number of ether oxygens (including phenoxy) is 1. The van der Waals surface area contributed by atoms with E-state index in [0.29, 0.717) is 34.6 Å². The van der Waals surface area contributed by atoms with E-state index < -0.39 is 6.10 Å². The van der Waals surface area contributed by atoms with Crippen LogP contribution in [-0.4, -0.2) is 28.0 Å². The number of phenols is 2. The van der Waals surface area contributed by atoms with Crippen LogP contribution in [0.2, 0.25) is 0 Å². The van der Waals surface area contributed by atoms with Gasteiger partial charge >= 0.3 is 0 Å². The van der Waals surface area contributed by atoms with Gasteiger partial charge in [-0.05, 0) is 43.0 Å². The summed E-state index contributed by atoms with van der Waals surface area (Å²) >= 11 is 0. The van der Waals surface area contributed by atoms with Crippen molar-refractivity contribution < 1.29 is 24.5 Å². The molecule has 1 aromatic heterocycles. The molecular weight excluding hydrogens is 360 g/mol. The van der Waals surface area contributed by atoms with Crippen molar-refractivity contribution in [1.82, 2.24) is 0 Å². The molecule has 1 atom stereocenters. The lowest BCUT2D eigenvalue weighted by atomic mass is 10.1. The van der Waals surface area contributed by atoms with Crippen molar-refractivity contribution in [2.24, 2.45) is 5.92 Å². The van der Waals surface area contributed by atoms with E-state index in [4.69, 9.17) is 9.15 Å². The molecule has 0 spiro atoms. The average molecular weight is 384 g/mol. The Morgan fingerprint density at radius 1 is 1.00 bits per heavy atom. The summed E-state index contributed by atoms with van der Waals surface area (Å²) in [6.07, 6.45) is 1.01. The van der Waals surface area contributed by atoms with Crippen LogP contribution in [-0.2, 0) is 0 Å². The predicted molar refractivity (Wildman–Crippen MR) is 107 cm³/mol. The van der Waals surface area contributed by atoms with Crippen molar-refractivity contribution in [3.63, 3.8) is 0 Å². The van der Waals surface area contributed by atoms with Gasteiger partial charge in [-0.15, -0.1) is 0 Å². The molecule has 3 aromatic rings. The van der Waals surface area contributed by atoms with Crippen LogP contribution in [0, 0.1) is 5.92 Å². The molecule has 0 amide bonds. The van der Waals surface area contributed by atoms with Gasteiger partial charge in [-0.25, -0.2) is 0 Å². The van der Waals surface area contributed by atoms with Gasteiger partial charge in [-0.1, -0.05) is 13.8 Å². The molecule has 0 saturated carbocycles. The van der Waals surface area contributed by atoms with Crippen LogP contribution in [0.15, 0.2) is 51.7 Å². The Labute approximate surface area is 162 Å². The van der Waals surface area contributed by atoms with Gasteiger partial charge in [0.2, 0.25) is 0 Å². The molecule has 6 nitrogen and oxygen atoms in total. The molecule has 0 fully saturated rings. The lowest BCUT2D eigenvalue weighted by Crippen LogP contribution is -2.18. The number of phenolic OH excluding ortho intramolecular Hbond substituents is 2. The number of fused-ring (bicyclic) bond motifs is 1. The Kier molecular flexibility index (Phi) is 5.90. The highest BCUT2D eigenvalue weighted by molar-refractivity contribution is 5.80. The summed E-state index contributed by atoms with van der Waals surface area (Å²) in [6.45, 7) is 4.36. The van der Waals surface area contributed by atoms with E-state index in [-0.39, 0.29) is 29.3 Å². The number of rotatable bonds is 7. The molecule has 0 radical (unpaired) electrons. The summed E-state index contributed by atoms with van der Waals surface area (Å²) in [5.74, 6) is 0.947. The Morgan fingerprint density at radius 3 is 2.39 bits per heavy atom. The second kappa shape index (κ2) is 8.35. The summed E-state index contributed by atoms with van der Waals surface area (Å²) in [5, 5.41) is 29.7. The molecule has 3 N–H and O–H groups in total. The van der Waals surface area contributed by atoms with Crippen molar-refractivity contribution in [3.05, 3.63) is 52.7 Å². The highest BCUT2D eigenvalue weighted by Gasteiger charge is 2.11. The maximum absolute atomic E-state index is 12.4. The fourth-order valence-corrected chi connectivity index (χ4v) is 2.91. The first-order valence-electron chi connectivity index (χ1n) is 9.24. The Balaban J connectivity index is 1.85. The fourth-order valence-electron chi connectivity index (χ4n) is 2.91. The third kappa shape index (κ3) is 4.84. The van der Waals surface area contributed by atoms with Crippen LogP contribution in [0.25, 0.3) is 22.3 Å². The molecular formula is C22H24O6. The predicted octanol–water partition coefficient (Wildman–Crippen LogP) is 4.05. The zero-order valence-corrected chi connectivity index (χ0v) is 15.9. The van der Waals surface area contributed by atoms with E-state index in [1.165, 1.54) is 24.3 Å². The molecule has 2 aromatic carbocycles. The summed E-state index contributed by atoms with van der Waals surface area (Å²) in [7, 11) is 0. The second-order valence-electron chi connectivity index (χ2n) is 7.31. The quantitative estimate of drug-likeness (QED) is 0.568. The van der Waals surface area contributed by atoms with Crippen LogP contribution in [0.1, 0.15) is 26.7 Å². The molecule has 3 rings (SSSR count). The van der Waals surface area contributed by atoms with Crippen LogP contribution >= 0.6 is 0 Å². The minimum atomic E-state index is -0.563. The van der Waals surface area contributed by atoms with E-state index in [1.807, 2.05) is 0 Å². The highest BCUT2D eigenvalue weighted by atomic mass is 16.5. The van der Waals surface area contributed by atoms with Crippen molar-refractivity contribution >= 4 is 11.0 Å². The third-order valence-corrected chi connectivity index (χ3v) is 4.41. The van der Waals surface area contributed by atoms with Crippen LogP contribution in [0.3, 0.4) is 0 Å². The molecule has 148 valence electrons. The van der Waals surface area contributed by atoms with Crippen molar-refractivity contribution in [2.45, 2.75) is 32.8 Å². The second-order valence-corrected chi connectivity index (χ2v) is 7.31. The molecule has 0 bridgehead atoms. The van der Waals surface area contributed by atoms with Crippen molar-refractivity contribution in [2.75, 3.05) is 6.61 Å². The minimum Gasteiger partial charge on any atom is -0.508 e. The van der Waals surface area contributed by atoms with Gasteiger partial charge in [0.05, 0.1) is 11.5 Å². The van der Waals surface area contributed by atoms with Crippen LogP contribution in [0.5, 0.6) is 17.2 Å². The lowest BCUT2D eigenvalue weighted by molar-refractivity contribution is 0.0950. The van der Waals surface area contributed by atoms with Gasteiger partial charge in [-0.2, -0.15) is 0 Å². The topological polar surface area (TPSA) is 100 Å². The summed E-state index contributed by atoms with van der Waals surface area (Å²) in [5.41, 5.74) is 0.453. The lowest BCUT2D eigenvalue weighted by Gasteiger charge is -2.13. The maximum atomic E-state index is 12.4. The fraction of sp³-hybridized carbons (Fsp3) is 0.318. The highest BCUT2D eigenvalue weighted by Crippen LogP contribution is 2.30. The van der Waals surface area contributed by atoms with E-state index >= 15 is 0 Å². The Hall–Kier alpha value is -2.99. The number of aliphatic hydroxyl groups is 1. The van der Waals surface area contributed by atoms with Crippen LogP contribution in [0.4, 0.5) is 0 Å². The standard InChI is InChI=1S/C22H24O6/c1-13(2)3-4-15(23)12-27-18-5-6-19-20(26)11-21(28-22(19)10-18)14-7-16(24)9-17(25)8-14/h5-11,13,15,23-25H,3-4,12H2,1-2H3/t15-/m1/s1. The molecule has 1 heterocycles. The first-order valence-corrected chi connectivity index (χ1v) is 9.24. The molecule has 0 aliphatic carbocycles. The summed E-state index contributed by atoms with van der Waals surface area (Å²) in [6, 6.07) is 10.2. The van der Waals surface area contributed by atoms with Crippen molar-refractivity contribution in [3.8, 4) is 28.6 Å². The van der Waals surface area contributed by atoms with Gasteiger partial charge in [0.15, 0.2) is 5.43 Å². The zero-order valence-electron chi connectivity index (χ0n) is 15.9. The summed E-state index contributed by atoms with van der Waals surface area (Å²) < 4.78 is 11.4. The van der Waals surface area contributed by atoms with Gasteiger partial charge in [0.25, 0.3) is 0 Å². The van der Waals surface area contributed by atoms with Gasteiger partial charge in [0.1, 0.15) is 35.2 Å². The number of benzene rings is 2. The van der Waals surface area contributed by atoms with Gasteiger partial charge in [0, 0.05) is 23.8 Å². The zero-order chi connectivity index (χ0) is 20.3. The molecule has 28 heavy (non-hydrogen) atoms. The molecule has 0 aliphatic heterocycles. The summed E-state index contributed by atoms with van der Waals surface area (Å²) in [4.78, 5) is 12.4. The third-order valence-electron chi connectivity index (χ3n) is 4.41. The Morgan fingerprint density at radius 2 is 1.71 bits per heavy atom. The van der Waals surface area contributed by atoms with E-state index in [1.54, 1.807) is 18.2 Å². The van der Waals surface area contributed by atoms with Gasteiger partial charge < -0.3 is 24.5 Å². The van der Waals surface area contributed by atoms with Gasteiger partial charge in [-0.3, -0.25) is 4.79 Å². The largest absolute Gasteiger partial charge is 0.508 e. The maximum Gasteiger partial charge on any atom is 0.193 e. The first kappa shape index (κ1) is 19.8. The monoisotopic (exact) mass is 384 g/mol. The van der Waals surface area contributed by atoms with Crippen molar-refractivity contribution in [1.29, 1.82) is 0 Å².